The van der Waals surface area contributed by atoms with Gasteiger partial charge in [0.1, 0.15) is 4.90 Å². The summed E-state index contributed by atoms with van der Waals surface area (Å²) in [5.41, 5.74) is 3.03. The highest BCUT2D eigenvalue weighted by atomic mass is 32.2. The van der Waals surface area contributed by atoms with Crippen LogP contribution >= 0.6 is 0 Å². The maximum Gasteiger partial charge on any atom is 0.266 e. The molecule has 0 spiro atoms. The standard InChI is InChI=1S/C18H22N6O2S/c1-5-24(15-8-6-7-12(2)11-15)17-10-9-16(21-22-17)23-27(25,26)18-13(3)19-20-14(18)4/h6-11H,5H2,1-4H3,(H,19,20)(H,21,23). The second-order valence-electron chi connectivity index (χ2n) is 6.23. The first-order valence-electron chi connectivity index (χ1n) is 8.54. The number of aromatic nitrogens is 4. The topological polar surface area (TPSA) is 104 Å². The number of benzene rings is 1. The SMILES string of the molecule is CCN(c1cccc(C)c1)c1ccc(NS(=O)(=O)c2c(C)n[nH]c2C)nn1. The molecule has 0 aliphatic heterocycles. The van der Waals surface area contributed by atoms with E-state index in [-0.39, 0.29) is 10.7 Å². The van der Waals surface area contributed by atoms with E-state index in [0.717, 1.165) is 11.3 Å². The highest BCUT2D eigenvalue weighted by Gasteiger charge is 2.23. The van der Waals surface area contributed by atoms with Crippen LogP contribution in [0.15, 0.2) is 41.3 Å². The monoisotopic (exact) mass is 386 g/mol. The first-order valence-corrected chi connectivity index (χ1v) is 10.0. The molecule has 1 aromatic carbocycles. The zero-order chi connectivity index (χ0) is 19.6. The summed E-state index contributed by atoms with van der Waals surface area (Å²) in [5, 5.41) is 14.8. The number of H-pyrrole nitrogens is 1. The lowest BCUT2D eigenvalue weighted by Gasteiger charge is -2.22. The van der Waals surface area contributed by atoms with Crippen molar-refractivity contribution in [3.63, 3.8) is 0 Å². The molecule has 0 amide bonds. The average Bonchev–Trinajstić information content (AvgIpc) is 2.96. The van der Waals surface area contributed by atoms with Crippen LogP contribution in [-0.2, 0) is 10.0 Å². The minimum Gasteiger partial charge on any atom is -0.325 e. The first-order chi connectivity index (χ1) is 12.8. The van der Waals surface area contributed by atoms with Gasteiger partial charge in [-0.25, -0.2) is 8.42 Å². The van der Waals surface area contributed by atoms with Crippen molar-refractivity contribution in [3.8, 4) is 0 Å². The number of hydrogen-bond donors (Lipinski definition) is 2. The summed E-state index contributed by atoms with van der Waals surface area (Å²) in [6.07, 6.45) is 0. The lowest BCUT2D eigenvalue weighted by atomic mass is 10.2. The Kier molecular flexibility index (Phi) is 5.13. The third kappa shape index (κ3) is 3.92. The molecule has 0 unspecified atom stereocenters. The second kappa shape index (κ2) is 7.36. The van der Waals surface area contributed by atoms with E-state index in [0.29, 0.717) is 23.8 Å². The van der Waals surface area contributed by atoms with Gasteiger partial charge in [0, 0.05) is 12.2 Å². The van der Waals surface area contributed by atoms with Crippen LogP contribution in [0.4, 0.5) is 17.3 Å². The number of rotatable bonds is 6. The summed E-state index contributed by atoms with van der Waals surface area (Å²) in [6, 6.07) is 11.4. The number of anilines is 3. The summed E-state index contributed by atoms with van der Waals surface area (Å²) in [4.78, 5) is 2.13. The summed E-state index contributed by atoms with van der Waals surface area (Å²) >= 11 is 0. The Morgan fingerprint density at radius 3 is 2.44 bits per heavy atom. The fourth-order valence-electron chi connectivity index (χ4n) is 2.92. The van der Waals surface area contributed by atoms with Crippen LogP contribution in [0.3, 0.4) is 0 Å². The summed E-state index contributed by atoms with van der Waals surface area (Å²) in [5.74, 6) is 0.792. The van der Waals surface area contributed by atoms with Gasteiger partial charge < -0.3 is 4.90 Å². The Hall–Kier alpha value is -2.94. The van der Waals surface area contributed by atoms with Crippen LogP contribution in [0.5, 0.6) is 0 Å². The molecule has 9 heteroatoms. The third-order valence-electron chi connectivity index (χ3n) is 4.12. The Balaban J connectivity index is 1.85. The molecule has 8 nitrogen and oxygen atoms in total. The number of aryl methyl sites for hydroxylation is 3. The average molecular weight is 386 g/mol. The predicted octanol–water partition coefficient (Wildman–Crippen LogP) is 3.08. The van der Waals surface area contributed by atoms with Crippen molar-refractivity contribution in [2.45, 2.75) is 32.6 Å². The molecule has 142 valence electrons. The molecule has 0 aliphatic carbocycles. The Bertz CT molecular complexity index is 1020. The van der Waals surface area contributed by atoms with Gasteiger partial charge in [-0.15, -0.1) is 10.2 Å². The minimum absolute atomic E-state index is 0.128. The van der Waals surface area contributed by atoms with Crippen molar-refractivity contribution in [1.29, 1.82) is 0 Å². The molecule has 2 heterocycles. The number of nitrogens with zero attached hydrogens (tertiary/aromatic N) is 4. The number of sulfonamides is 1. The van der Waals surface area contributed by atoms with Gasteiger partial charge in [0.25, 0.3) is 10.0 Å². The van der Waals surface area contributed by atoms with Crippen LogP contribution in [0, 0.1) is 20.8 Å². The Labute approximate surface area is 158 Å². The van der Waals surface area contributed by atoms with Crippen molar-refractivity contribution in [1.82, 2.24) is 20.4 Å². The van der Waals surface area contributed by atoms with Crippen molar-refractivity contribution in [2.75, 3.05) is 16.2 Å². The van der Waals surface area contributed by atoms with E-state index in [2.05, 4.69) is 31.2 Å². The van der Waals surface area contributed by atoms with Crippen molar-refractivity contribution in [3.05, 3.63) is 53.3 Å². The third-order valence-corrected chi connectivity index (χ3v) is 5.74. The molecule has 0 saturated carbocycles. The quantitative estimate of drug-likeness (QED) is 0.675. The zero-order valence-electron chi connectivity index (χ0n) is 15.7. The first kappa shape index (κ1) is 18.8. The summed E-state index contributed by atoms with van der Waals surface area (Å²) in [7, 11) is -3.79. The van der Waals surface area contributed by atoms with Gasteiger partial charge in [-0.2, -0.15) is 5.10 Å². The molecule has 0 bridgehead atoms. The highest BCUT2D eigenvalue weighted by Crippen LogP contribution is 2.25. The van der Waals surface area contributed by atoms with Crippen LogP contribution in [0.1, 0.15) is 23.9 Å². The van der Waals surface area contributed by atoms with E-state index in [1.54, 1.807) is 26.0 Å². The summed E-state index contributed by atoms with van der Waals surface area (Å²) < 4.78 is 27.6. The van der Waals surface area contributed by atoms with Crippen LogP contribution in [0.25, 0.3) is 0 Å². The van der Waals surface area contributed by atoms with Gasteiger partial charge in [0.2, 0.25) is 0 Å². The van der Waals surface area contributed by atoms with Crippen molar-refractivity contribution >= 4 is 27.3 Å². The number of nitrogens with one attached hydrogen (secondary N) is 2. The summed E-state index contributed by atoms with van der Waals surface area (Å²) in [6.45, 7) is 8.04. The van der Waals surface area contributed by atoms with E-state index in [4.69, 9.17) is 0 Å². The normalized spacial score (nSPS) is 11.4. The maximum atomic E-state index is 12.6. The van der Waals surface area contributed by atoms with E-state index in [1.165, 1.54) is 0 Å². The smallest absolute Gasteiger partial charge is 0.266 e. The van der Waals surface area contributed by atoms with Crippen molar-refractivity contribution < 1.29 is 8.42 Å². The molecule has 2 aromatic heterocycles. The lowest BCUT2D eigenvalue weighted by Crippen LogP contribution is -2.19. The molecule has 3 rings (SSSR count). The van der Waals surface area contributed by atoms with E-state index in [1.807, 2.05) is 36.9 Å². The Morgan fingerprint density at radius 1 is 1.11 bits per heavy atom. The number of hydrogen-bond acceptors (Lipinski definition) is 6. The van der Waals surface area contributed by atoms with Gasteiger partial charge in [-0.05, 0) is 57.5 Å². The van der Waals surface area contributed by atoms with Crippen LogP contribution < -0.4 is 9.62 Å². The van der Waals surface area contributed by atoms with Gasteiger partial charge in [0.15, 0.2) is 11.6 Å². The van der Waals surface area contributed by atoms with E-state index in [9.17, 15) is 8.42 Å². The van der Waals surface area contributed by atoms with E-state index >= 15 is 0 Å². The lowest BCUT2D eigenvalue weighted by molar-refractivity contribution is 0.600. The Morgan fingerprint density at radius 2 is 1.89 bits per heavy atom. The highest BCUT2D eigenvalue weighted by molar-refractivity contribution is 7.92. The molecule has 3 aromatic rings. The molecule has 0 saturated heterocycles. The molecular formula is C18H22N6O2S. The van der Waals surface area contributed by atoms with Gasteiger partial charge in [-0.1, -0.05) is 12.1 Å². The molecular weight excluding hydrogens is 364 g/mol. The molecule has 2 N–H and O–H groups in total. The largest absolute Gasteiger partial charge is 0.325 e. The molecule has 0 fully saturated rings. The number of aromatic amines is 1. The zero-order valence-corrected chi connectivity index (χ0v) is 16.5. The molecule has 0 radical (unpaired) electrons. The minimum atomic E-state index is -3.79. The fourth-order valence-corrected chi connectivity index (χ4v) is 4.29. The fraction of sp³-hybridized carbons (Fsp3) is 0.278. The molecule has 0 aliphatic rings. The molecule has 0 atom stereocenters. The van der Waals surface area contributed by atoms with Crippen LogP contribution in [0.2, 0.25) is 0 Å². The van der Waals surface area contributed by atoms with Gasteiger partial charge in [0.05, 0.1) is 11.4 Å². The van der Waals surface area contributed by atoms with E-state index < -0.39 is 10.0 Å². The predicted molar refractivity (Wildman–Crippen MR) is 105 cm³/mol. The maximum absolute atomic E-state index is 12.6. The van der Waals surface area contributed by atoms with Gasteiger partial charge >= 0.3 is 0 Å². The second-order valence-corrected chi connectivity index (χ2v) is 7.85. The van der Waals surface area contributed by atoms with Gasteiger partial charge in [-0.3, -0.25) is 9.82 Å². The van der Waals surface area contributed by atoms with Crippen molar-refractivity contribution in [2.24, 2.45) is 0 Å². The van der Waals surface area contributed by atoms with Crippen LogP contribution in [-0.4, -0.2) is 35.4 Å². The molecule has 27 heavy (non-hydrogen) atoms.